The Labute approximate surface area is 130 Å². The Morgan fingerprint density at radius 2 is 1.86 bits per heavy atom. The summed E-state index contributed by atoms with van der Waals surface area (Å²) in [6.07, 6.45) is 7.86. The highest BCUT2D eigenvalue weighted by molar-refractivity contribution is 5.41. The van der Waals surface area contributed by atoms with Crippen LogP contribution in [0.4, 0.5) is 8.78 Å². The average Bonchev–Trinajstić information content (AvgIpc) is 2.97. The van der Waals surface area contributed by atoms with Crippen molar-refractivity contribution >= 4 is 0 Å². The summed E-state index contributed by atoms with van der Waals surface area (Å²) in [7, 11) is 0. The molecule has 0 heterocycles. The third-order valence-electron chi connectivity index (χ3n) is 4.56. The summed E-state index contributed by atoms with van der Waals surface area (Å²) in [5.74, 6) is 4.75. The molecule has 0 saturated heterocycles. The fourth-order valence-electron chi connectivity index (χ4n) is 3.06. The molecule has 3 heteroatoms. The Hall–Kier alpha value is -1.82. The van der Waals surface area contributed by atoms with Crippen LogP contribution in [0.25, 0.3) is 0 Å². The molecule has 116 valence electrons. The first-order valence-corrected chi connectivity index (χ1v) is 7.96. The summed E-state index contributed by atoms with van der Waals surface area (Å²) in [4.78, 5) is 0. The molecule has 1 aromatic rings. The van der Waals surface area contributed by atoms with Gasteiger partial charge in [-0.3, -0.25) is 0 Å². The van der Waals surface area contributed by atoms with Crippen molar-refractivity contribution in [3.8, 4) is 17.6 Å². The quantitative estimate of drug-likeness (QED) is 0.573. The summed E-state index contributed by atoms with van der Waals surface area (Å²) < 4.78 is 33.7. The molecule has 0 aromatic heterocycles. The van der Waals surface area contributed by atoms with E-state index < -0.39 is 11.6 Å². The van der Waals surface area contributed by atoms with Crippen LogP contribution in [0, 0.1) is 35.3 Å². The first-order chi connectivity index (χ1) is 10.7. The smallest absolute Gasteiger partial charge is 0.201 e. The second-order valence-electron chi connectivity index (χ2n) is 6.20. The van der Waals surface area contributed by atoms with Crippen LogP contribution in [0.5, 0.6) is 5.75 Å². The Balaban J connectivity index is 1.69. The van der Waals surface area contributed by atoms with Crippen molar-refractivity contribution in [3.05, 3.63) is 42.0 Å². The van der Waals surface area contributed by atoms with Gasteiger partial charge in [-0.2, -0.15) is 4.39 Å². The maximum absolute atomic E-state index is 14.1. The Morgan fingerprint density at radius 1 is 1.14 bits per heavy atom. The molecule has 2 aliphatic carbocycles. The summed E-state index contributed by atoms with van der Waals surface area (Å²) in [5.41, 5.74) is 0.110. The molecule has 0 spiro atoms. The van der Waals surface area contributed by atoms with Crippen LogP contribution in [0.15, 0.2) is 24.8 Å². The SMILES string of the molecule is C=CC1CC(C#Cc2ccc(OC3CCCC3)c(F)c2F)C1. The number of benzene rings is 1. The molecule has 0 aliphatic heterocycles. The topological polar surface area (TPSA) is 9.23 Å². The fourth-order valence-corrected chi connectivity index (χ4v) is 3.06. The van der Waals surface area contributed by atoms with Crippen LogP contribution < -0.4 is 4.74 Å². The van der Waals surface area contributed by atoms with Crippen molar-refractivity contribution in [2.75, 3.05) is 0 Å². The standard InChI is InChI=1S/C19H20F2O/c1-2-13-11-14(12-13)7-8-15-9-10-17(19(21)18(15)20)22-16-5-3-4-6-16/h2,9-10,13-14,16H,1,3-6,11-12H2. The van der Waals surface area contributed by atoms with Crippen molar-refractivity contribution in [2.24, 2.45) is 11.8 Å². The largest absolute Gasteiger partial charge is 0.487 e. The van der Waals surface area contributed by atoms with Crippen LogP contribution >= 0.6 is 0 Å². The highest BCUT2D eigenvalue weighted by Crippen LogP contribution is 2.34. The Morgan fingerprint density at radius 3 is 2.55 bits per heavy atom. The molecule has 1 nitrogen and oxygen atoms in total. The van der Waals surface area contributed by atoms with Crippen molar-refractivity contribution in [1.29, 1.82) is 0 Å². The Bertz CT molecular complexity index is 614. The predicted molar refractivity (Wildman–Crippen MR) is 82.5 cm³/mol. The van der Waals surface area contributed by atoms with Gasteiger partial charge in [0.2, 0.25) is 5.82 Å². The van der Waals surface area contributed by atoms with Gasteiger partial charge in [0.15, 0.2) is 11.6 Å². The molecule has 0 unspecified atom stereocenters. The lowest BCUT2D eigenvalue weighted by atomic mass is 9.75. The molecule has 0 atom stereocenters. The number of hydrogen-bond donors (Lipinski definition) is 0. The Kier molecular flexibility index (Phi) is 4.47. The van der Waals surface area contributed by atoms with Gasteiger partial charge >= 0.3 is 0 Å². The van der Waals surface area contributed by atoms with Gasteiger partial charge in [0.25, 0.3) is 0 Å². The second-order valence-corrected chi connectivity index (χ2v) is 6.20. The first kappa shape index (κ1) is 15.1. The van der Waals surface area contributed by atoms with E-state index in [0.29, 0.717) is 5.92 Å². The van der Waals surface area contributed by atoms with E-state index in [9.17, 15) is 8.78 Å². The highest BCUT2D eigenvalue weighted by atomic mass is 19.2. The van der Waals surface area contributed by atoms with Crippen LogP contribution in [0.1, 0.15) is 44.1 Å². The summed E-state index contributed by atoms with van der Waals surface area (Å²) >= 11 is 0. The molecule has 1 aromatic carbocycles. The molecule has 2 aliphatic rings. The van der Waals surface area contributed by atoms with Gasteiger partial charge in [-0.1, -0.05) is 17.9 Å². The van der Waals surface area contributed by atoms with Crippen molar-refractivity contribution < 1.29 is 13.5 Å². The lowest BCUT2D eigenvalue weighted by molar-refractivity contribution is 0.198. The molecule has 0 N–H and O–H groups in total. The number of hydrogen-bond acceptors (Lipinski definition) is 1. The zero-order valence-corrected chi connectivity index (χ0v) is 12.6. The van der Waals surface area contributed by atoms with Gasteiger partial charge in [0, 0.05) is 5.92 Å². The van der Waals surface area contributed by atoms with Gasteiger partial charge in [0.1, 0.15) is 0 Å². The molecule has 2 fully saturated rings. The van der Waals surface area contributed by atoms with Crippen molar-refractivity contribution in [2.45, 2.75) is 44.6 Å². The maximum Gasteiger partial charge on any atom is 0.201 e. The van der Waals surface area contributed by atoms with Crippen LogP contribution in [-0.4, -0.2) is 6.10 Å². The second kappa shape index (κ2) is 6.52. The number of halogens is 2. The molecule has 22 heavy (non-hydrogen) atoms. The molecule has 2 saturated carbocycles. The first-order valence-electron chi connectivity index (χ1n) is 7.96. The summed E-state index contributed by atoms with van der Waals surface area (Å²) in [6, 6.07) is 3.01. The van der Waals surface area contributed by atoms with E-state index in [1.165, 1.54) is 12.1 Å². The fraction of sp³-hybridized carbons (Fsp3) is 0.474. The number of allylic oxidation sites excluding steroid dienone is 1. The van der Waals surface area contributed by atoms with E-state index in [1.54, 1.807) is 0 Å². The lowest BCUT2D eigenvalue weighted by Crippen LogP contribution is -2.20. The molecule has 0 amide bonds. The average molecular weight is 302 g/mol. The molecule has 3 rings (SSSR count). The third kappa shape index (κ3) is 3.16. The molecule has 0 radical (unpaired) electrons. The zero-order chi connectivity index (χ0) is 15.5. The number of rotatable bonds is 3. The van der Waals surface area contributed by atoms with Crippen LogP contribution in [0.2, 0.25) is 0 Å². The van der Waals surface area contributed by atoms with E-state index in [4.69, 9.17) is 4.74 Å². The van der Waals surface area contributed by atoms with Crippen molar-refractivity contribution in [3.63, 3.8) is 0 Å². The zero-order valence-electron chi connectivity index (χ0n) is 12.6. The van der Waals surface area contributed by atoms with E-state index >= 15 is 0 Å². The third-order valence-corrected chi connectivity index (χ3v) is 4.56. The van der Waals surface area contributed by atoms with E-state index in [0.717, 1.165) is 38.5 Å². The monoisotopic (exact) mass is 302 g/mol. The normalized spacial score (nSPS) is 24.3. The highest BCUT2D eigenvalue weighted by Gasteiger charge is 2.25. The van der Waals surface area contributed by atoms with Crippen LogP contribution in [0.3, 0.4) is 0 Å². The minimum Gasteiger partial charge on any atom is -0.487 e. The van der Waals surface area contributed by atoms with Gasteiger partial charge in [-0.15, -0.1) is 6.58 Å². The lowest BCUT2D eigenvalue weighted by Gasteiger charge is -2.28. The minimum atomic E-state index is -0.920. The summed E-state index contributed by atoms with van der Waals surface area (Å²) in [5, 5.41) is 0. The maximum atomic E-state index is 14.1. The van der Waals surface area contributed by atoms with Gasteiger partial charge in [-0.25, -0.2) is 4.39 Å². The van der Waals surface area contributed by atoms with E-state index in [-0.39, 0.29) is 23.3 Å². The summed E-state index contributed by atoms with van der Waals surface area (Å²) in [6.45, 7) is 3.74. The van der Waals surface area contributed by atoms with Gasteiger partial charge in [-0.05, 0) is 56.6 Å². The van der Waals surface area contributed by atoms with Gasteiger partial charge < -0.3 is 4.74 Å². The number of ether oxygens (including phenoxy) is 1. The molecule has 0 bridgehead atoms. The van der Waals surface area contributed by atoms with Crippen molar-refractivity contribution in [1.82, 2.24) is 0 Å². The van der Waals surface area contributed by atoms with E-state index in [2.05, 4.69) is 18.4 Å². The molecular formula is C19H20F2O. The van der Waals surface area contributed by atoms with Crippen LogP contribution in [-0.2, 0) is 0 Å². The molecular weight excluding hydrogens is 282 g/mol. The van der Waals surface area contributed by atoms with E-state index in [1.807, 2.05) is 6.08 Å². The van der Waals surface area contributed by atoms with Gasteiger partial charge in [0.05, 0.1) is 11.7 Å². The predicted octanol–water partition coefficient (Wildman–Crippen LogP) is 4.85. The minimum absolute atomic E-state index is 0.00492.